The van der Waals surface area contributed by atoms with Gasteiger partial charge in [-0.15, -0.1) is 0 Å². The van der Waals surface area contributed by atoms with Gasteiger partial charge < -0.3 is 19.0 Å². The van der Waals surface area contributed by atoms with Crippen molar-refractivity contribution in [3.63, 3.8) is 0 Å². The smallest absolute Gasteiger partial charge is 0.344 e. The van der Waals surface area contributed by atoms with Gasteiger partial charge in [0, 0.05) is 22.4 Å². The van der Waals surface area contributed by atoms with E-state index in [9.17, 15) is 19.8 Å². The van der Waals surface area contributed by atoms with Gasteiger partial charge in [-0.1, -0.05) is 18.2 Å². The second-order valence-electron chi connectivity index (χ2n) is 5.27. The van der Waals surface area contributed by atoms with Crippen LogP contribution in [-0.2, 0) is 0 Å². The molecule has 24 heavy (non-hydrogen) atoms. The average molecular weight is 322 g/mol. The first kappa shape index (κ1) is 14.1. The summed E-state index contributed by atoms with van der Waals surface area (Å²) in [5.74, 6) is -0.982. The highest BCUT2D eigenvalue weighted by Gasteiger charge is 2.17. The Morgan fingerprint density at radius 3 is 2.46 bits per heavy atom. The predicted octanol–water partition coefficient (Wildman–Crippen LogP) is 2.98. The van der Waals surface area contributed by atoms with Gasteiger partial charge in [0.05, 0.1) is 5.56 Å². The molecule has 0 unspecified atom stereocenters. The van der Waals surface area contributed by atoms with Gasteiger partial charge in [-0.25, -0.2) is 9.59 Å². The van der Waals surface area contributed by atoms with Crippen LogP contribution in [0.5, 0.6) is 11.5 Å². The molecule has 4 aromatic rings. The monoisotopic (exact) mass is 322 g/mol. The van der Waals surface area contributed by atoms with Crippen LogP contribution in [0.25, 0.3) is 33.1 Å². The van der Waals surface area contributed by atoms with Crippen molar-refractivity contribution in [1.29, 1.82) is 0 Å². The van der Waals surface area contributed by atoms with Gasteiger partial charge in [-0.3, -0.25) is 0 Å². The minimum atomic E-state index is -0.758. The zero-order valence-electron chi connectivity index (χ0n) is 12.1. The summed E-state index contributed by atoms with van der Waals surface area (Å²) in [4.78, 5) is 24.2. The second kappa shape index (κ2) is 4.99. The van der Waals surface area contributed by atoms with Crippen LogP contribution in [0.1, 0.15) is 0 Å². The topological polar surface area (TPSA) is 101 Å². The standard InChI is InChI=1S/C18H10O6/c19-13-6-5-10-11(8-15(20)24-17(10)16(13)21)12-7-9-3-1-2-4-14(9)23-18(12)22/h1-8,19,21H. The fraction of sp³-hybridized carbons (Fsp3) is 0. The molecule has 6 heteroatoms. The number of hydrogen-bond donors (Lipinski definition) is 2. The van der Waals surface area contributed by atoms with Crippen LogP contribution in [0.2, 0.25) is 0 Å². The van der Waals surface area contributed by atoms with E-state index in [0.717, 1.165) is 6.07 Å². The van der Waals surface area contributed by atoms with Gasteiger partial charge in [-0.05, 0) is 24.3 Å². The summed E-state index contributed by atoms with van der Waals surface area (Å²) >= 11 is 0. The molecule has 6 nitrogen and oxygen atoms in total. The molecule has 0 aliphatic rings. The largest absolute Gasteiger partial charge is 0.504 e. The van der Waals surface area contributed by atoms with E-state index in [0.29, 0.717) is 16.4 Å². The third-order valence-corrected chi connectivity index (χ3v) is 3.80. The molecule has 0 saturated carbocycles. The zero-order chi connectivity index (χ0) is 16.8. The van der Waals surface area contributed by atoms with E-state index >= 15 is 0 Å². The van der Waals surface area contributed by atoms with Crippen molar-refractivity contribution in [2.75, 3.05) is 0 Å². The maximum atomic E-state index is 12.3. The third-order valence-electron chi connectivity index (χ3n) is 3.80. The van der Waals surface area contributed by atoms with Gasteiger partial charge in [0.25, 0.3) is 0 Å². The van der Waals surface area contributed by atoms with Crippen molar-refractivity contribution in [3.05, 3.63) is 69.4 Å². The molecule has 2 aromatic carbocycles. The third kappa shape index (κ3) is 2.04. The van der Waals surface area contributed by atoms with E-state index in [2.05, 4.69) is 0 Å². The molecule has 4 rings (SSSR count). The number of benzene rings is 2. The van der Waals surface area contributed by atoms with Gasteiger partial charge in [0.15, 0.2) is 11.3 Å². The van der Waals surface area contributed by atoms with Crippen LogP contribution in [0, 0.1) is 0 Å². The Morgan fingerprint density at radius 1 is 0.833 bits per heavy atom. The number of fused-ring (bicyclic) bond motifs is 2. The van der Waals surface area contributed by atoms with Crippen molar-refractivity contribution in [3.8, 4) is 22.6 Å². The van der Waals surface area contributed by atoms with Crippen molar-refractivity contribution in [2.45, 2.75) is 0 Å². The van der Waals surface area contributed by atoms with Crippen LogP contribution in [0.15, 0.2) is 67.0 Å². The lowest BCUT2D eigenvalue weighted by Gasteiger charge is -2.07. The molecule has 0 aliphatic carbocycles. The first-order valence-corrected chi connectivity index (χ1v) is 7.06. The molecule has 2 aromatic heterocycles. The van der Waals surface area contributed by atoms with E-state index in [4.69, 9.17) is 8.83 Å². The van der Waals surface area contributed by atoms with Gasteiger partial charge in [0.2, 0.25) is 5.75 Å². The van der Waals surface area contributed by atoms with E-state index in [-0.39, 0.29) is 16.7 Å². The number of aromatic hydroxyl groups is 2. The van der Waals surface area contributed by atoms with Crippen LogP contribution in [-0.4, -0.2) is 10.2 Å². The Bertz CT molecular complexity index is 1220. The van der Waals surface area contributed by atoms with Gasteiger partial charge >= 0.3 is 11.3 Å². The minimum Gasteiger partial charge on any atom is -0.504 e. The van der Waals surface area contributed by atoms with E-state index in [1.54, 1.807) is 30.3 Å². The van der Waals surface area contributed by atoms with Crippen molar-refractivity contribution in [1.82, 2.24) is 0 Å². The molecule has 0 radical (unpaired) electrons. The van der Waals surface area contributed by atoms with Crippen molar-refractivity contribution >= 4 is 21.9 Å². The first-order chi connectivity index (χ1) is 11.5. The number of para-hydroxylation sites is 1. The van der Waals surface area contributed by atoms with E-state index in [1.165, 1.54) is 12.1 Å². The summed E-state index contributed by atoms with van der Waals surface area (Å²) in [5, 5.41) is 20.5. The van der Waals surface area contributed by atoms with Crippen molar-refractivity contribution < 1.29 is 19.0 Å². The zero-order valence-corrected chi connectivity index (χ0v) is 12.1. The van der Waals surface area contributed by atoms with Crippen molar-refractivity contribution in [2.24, 2.45) is 0 Å². The van der Waals surface area contributed by atoms with Crippen LogP contribution in [0.3, 0.4) is 0 Å². The maximum absolute atomic E-state index is 12.3. The molecule has 2 heterocycles. The van der Waals surface area contributed by atoms with Crippen LogP contribution >= 0.6 is 0 Å². The van der Waals surface area contributed by atoms with Crippen LogP contribution in [0.4, 0.5) is 0 Å². The molecular formula is C18H10O6. The highest BCUT2D eigenvalue weighted by molar-refractivity contribution is 5.98. The highest BCUT2D eigenvalue weighted by Crippen LogP contribution is 2.36. The number of phenols is 2. The van der Waals surface area contributed by atoms with E-state index in [1.807, 2.05) is 0 Å². The number of phenolic OH excluding ortho intramolecular Hbond substituents is 2. The predicted molar refractivity (Wildman–Crippen MR) is 87.3 cm³/mol. The Balaban J connectivity index is 2.14. The SMILES string of the molecule is O=c1cc(-c2cc3ccccc3oc2=O)c2ccc(O)c(O)c2o1. The summed E-state index contributed by atoms with van der Waals surface area (Å²) in [5.41, 5.74) is -0.712. The lowest BCUT2D eigenvalue weighted by atomic mass is 10.0. The van der Waals surface area contributed by atoms with E-state index < -0.39 is 22.8 Å². The molecule has 0 bridgehead atoms. The summed E-state index contributed by atoms with van der Waals surface area (Å²) in [6.45, 7) is 0. The Labute approximate surface area is 133 Å². The maximum Gasteiger partial charge on any atom is 0.344 e. The molecule has 0 aliphatic heterocycles. The second-order valence-corrected chi connectivity index (χ2v) is 5.27. The Morgan fingerprint density at radius 2 is 1.62 bits per heavy atom. The number of rotatable bonds is 1. The lowest BCUT2D eigenvalue weighted by Crippen LogP contribution is -2.06. The average Bonchev–Trinajstić information content (AvgIpc) is 2.57. The molecule has 2 N–H and O–H groups in total. The minimum absolute atomic E-state index is 0.164. The highest BCUT2D eigenvalue weighted by atomic mass is 16.4. The molecule has 0 spiro atoms. The molecule has 0 atom stereocenters. The summed E-state index contributed by atoms with van der Waals surface area (Å²) in [6, 6.07) is 12.5. The first-order valence-electron chi connectivity index (χ1n) is 7.06. The Kier molecular flexibility index (Phi) is 2.93. The summed E-state index contributed by atoms with van der Waals surface area (Å²) in [6.07, 6.45) is 0. The molecule has 0 fully saturated rings. The van der Waals surface area contributed by atoms with Crippen LogP contribution < -0.4 is 11.3 Å². The van der Waals surface area contributed by atoms with Gasteiger partial charge in [-0.2, -0.15) is 0 Å². The fourth-order valence-electron chi connectivity index (χ4n) is 2.67. The number of hydrogen-bond acceptors (Lipinski definition) is 6. The molecular weight excluding hydrogens is 312 g/mol. The van der Waals surface area contributed by atoms with Gasteiger partial charge in [0.1, 0.15) is 5.58 Å². The normalized spacial score (nSPS) is 11.2. The molecule has 118 valence electrons. The summed E-state index contributed by atoms with van der Waals surface area (Å²) < 4.78 is 10.3. The molecule has 0 saturated heterocycles. The lowest BCUT2D eigenvalue weighted by molar-refractivity contribution is 0.397. The fourth-order valence-corrected chi connectivity index (χ4v) is 2.67. The summed E-state index contributed by atoms with van der Waals surface area (Å²) in [7, 11) is 0. The Hall–Kier alpha value is -3.54. The quantitative estimate of drug-likeness (QED) is 0.413. The molecule has 0 amide bonds.